The van der Waals surface area contributed by atoms with Crippen molar-refractivity contribution in [3.8, 4) is 33.4 Å². The summed E-state index contributed by atoms with van der Waals surface area (Å²) in [5.74, 6) is 0. The summed E-state index contributed by atoms with van der Waals surface area (Å²) in [7, 11) is 0. The molecule has 1 heterocycles. The molecule has 0 radical (unpaired) electrons. The zero-order valence-electron chi connectivity index (χ0n) is 32.7. The van der Waals surface area contributed by atoms with Gasteiger partial charge in [0.05, 0.1) is 0 Å². The van der Waals surface area contributed by atoms with Gasteiger partial charge in [0.2, 0.25) is 0 Å². The number of anilines is 3. The summed E-state index contributed by atoms with van der Waals surface area (Å²) >= 11 is 0. The van der Waals surface area contributed by atoms with Crippen LogP contribution >= 0.6 is 0 Å². The van der Waals surface area contributed by atoms with E-state index in [0.29, 0.717) is 0 Å². The average molecular weight is 764 g/mol. The van der Waals surface area contributed by atoms with E-state index in [4.69, 9.17) is 4.42 Å². The number of furan rings is 1. The van der Waals surface area contributed by atoms with Crippen LogP contribution in [-0.4, -0.2) is 0 Å². The summed E-state index contributed by atoms with van der Waals surface area (Å²) in [6, 6.07) is 81.4. The van der Waals surface area contributed by atoms with E-state index in [2.05, 4.69) is 223 Å². The van der Waals surface area contributed by atoms with Crippen molar-refractivity contribution in [2.24, 2.45) is 0 Å². The molecule has 0 saturated carbocycles. The first-order valence-electron chi connectivity index (χ1n) is 20.6. The summed E-state index contributed by atoms with van der Waals surface area (Å²) in [6.07, 6.45) is 0. The Morgan fingerprint density at radius 2 is 0.850 bits per heavy atom. The van der Waals surface area contributed by atoms with E-state index in [0.717, 1.165) is 61.3 Å². The lowest BCUT2D eigenvalue weighted by molar-refractivity contribution is 0.670. The predicted molar refractivity (Wildman–Crippen MR) is 255 cm³/mol. The Bertz CT molecular complexity index is 3600. The number of hydrogen-bond donors (Lipinski definition) is 0. The summed E-state index contributed by atoms with van der Waals surface area (Å²) in [5, 5.41) is 12.2. The van der Waals surface area contributed by atoms with Gasteiger partial charge in [-0.2, -0.15) is 0 Å². The quantitative estimate of drug-likeness (QED) is 0.157. The van der Waals surface area contributed by atoms with Gasteiger partial charge in [0.25, 0.3) is 0 Å². The van der Waals surface area contributed by atoms with Crippen LogP contribution in [0.3, 0.4) is 0 Å². The van der Waals surface area contributed by atoms with Crippen LogP contribution in [0.2, 0.25) is 0 Å². The smallest absolute Gasteiger partial charge is 0.143 e. The Morgan fingerprint density at radius 3 is 1.65 bits per heavy atom. The molecule has 12 rings (SSSR count). The molecular weight excluding hydrogens is 727 g/mol. The summed E-state index contributed by atoms with van der Waals surface area (Å²) in [6.45, 7) is 0. The van der Waals surface area contributed by atoms with E-state index in [1.165, 1.54) is 54.2 Å². The van der Waals surface area contributed by atoms with Gasteiger partial charge in [0.1, 0.15) is 11.2 Å². The molecule has 0 amide bonds. The minimum Gasteiger partial charge on any atom is -0.455 e. The third kappa shape index (κ3) is 5.65. The number of rotatable bonds is 6. The van der Waals surface area contributed by atoms with Crippen LogP contribution in [0.5, 0.6) is 0 Å². The average Bonchev–Trinajstić information content (AvgIpc) is 3.71. The highest BCUT2D eigenvalue weighted by Crippen LogP contribution is 2.44. The fourth-order valence-electron chi connectivity index (χ4n) is 9.33. The van der Waals surface area contributed by atoms with Crippen LogP contribution in [0.1, 0.15) is 0 Å². The number of fused-ring (bicyclic) bond motifs is 9. The highest BCUT2D eigenvalue weighted by atomic mass is 16.3. The number of hydrogen-bond acceptors (Lipinski definition) is 2. The van der Waals surface area contributed by atoms with Crippen molar-refractivity contribution in [1.82, 2.24) is 0 Å². The maximum atomic E-state index is 6.64. The lowest BCUT2D eigenvalue weighted by Gasteiger charge is -2.27. The lowest BCUT2D eigenvalue weighted by Crippen LogP contribution is -2.10. The fraction of sp³-hybridized carbons (Fsp3) is 0. The van der Waals surface area contributed by atoms with Gasteiger partial charge in [-0.05, 0) is 119 Å². The molecule has 0 spiro atoms. The van der Waals surface area contributed by atoms with Crippen molar-refractivity contribution in [3.05, 3.63) is 224 Å². The normalized spacial score (nSPS) is 11.7. The molecular formula is C58H37NO. The molecule has 0 aliphatic heterocycles. The Morgan fingerprint density at radius 1 is 0.267 bits per heavy atom. The highest BCUT2D eigenvalue weighted by Gasteiger charge is 2.20. The molecule has 0 N–H and O–H groups in total. The Hall–Kier alpha value is -7.94. The van der Waals surface area contributed by atoms with Gasteiger partial charge in [-0.1, -0.05) is 176 Å². The topological polar surface area (TPSA) is 16.4 Å². The minimum atomic E-state index is 0.892. The second-order valence-electron chi connectivity index (χ2n) is 15.7. The Balaban J connectivity index is 1.08. The molecule has 11 aromatic carbocycles. The largest absolute Gasteiger partial charge is 0.455 e. The molecule has 0 aliphatic carbocycles. The summed E-state index contributed by atoms with van der Waals surface area (Å²) < 4.78 is 6.64. The van der Waals surface area contributed by atoms with Crippen LogP contribution in [0.4, 0.5) is 17.1 Å². The van der Waals surface area contributed by atoms with Crippen molar-refractivity contribution in [2.45, 2.75) is 0 Å². The zero-order chi connectivity index (χ0) is 39.6. The van der Waals surface area contributed by atoms with Gasteiger partial charge in [-0.3, -0.25) is 0 Å². The number of para-hydroxylation sites is 2. The van der Waals surface area contributed by atoms with Crippen LogP contribution in [0.25, 0.3) is 98.4 Å². The van der Waals surface area contributed by atoms with Gasteiger partial charge in [0.15, 0.2) is 0 Å². The first kappa shape index (κ1) is 34.1. The van der Waals surface area contributed by atoms with Crippen molar-refractivity contribution in [2.75, 3.05) is 4.90 Å². The molecule has 0 unspecified atom stereocenters. The van der Waals surface area contributed by atoms with E-state index in [1.54, 1.807) is 0 Å². The van der Waals surface area contributed by atoms with E-state index in [9.17, 15) is 0 Å². The summed E-state index contributed by atoms with van der Waals surface area (Å²) in [5.41, 5.74) is 11.8. The Kier molecular flexibility index (Phi) is 7.89. The van der Waals surface area contributed by atoms with Crippen LogP contribution in [-0.2, 0) is 0 Å². The first-order valence-corrected chi connectivity index (χ1v) is 20.6. The van der Waals surface area contributed by atoms with Crippen molar-refractivity contribution in [1.29, 1.82) is 0 Å². The van der Waals surface area contributed by atoms with E-state index in [-0.39, 0.29) is 0 Å². The van der Waals surface area contributed by atoms with Crippen molar-refractivity contribution in [3.63, 3.8) is 0 Å². The van der Waals surface area contributed by atoms with Gasteiger partial charge in [0, 0.05) is 33.4 Å². The minimum absolute atomic E-state index is 0.892. The second kappa shape index (κ2) is 13.9. The number of benzene rings is 11. The van der Waals surface area contributed by atoms with Gasteiger partial charge in [-0.25, -0.2) is 0 Å². The van der Waals surface area contributed by atoms with Crippen molar-refractivity contribution >= 4 is 82.1 Å². The zero-order valence-corrected chi connectivity index (χ0v) is 32.7. The maximum Gasteiger partial charge on any atom is 0.143 e. The molecule has 0 saturated heterocycles. The third-order valence-electron chi connectivity index (χ3n) is 12.2. The molecule has 0 atom stereocenters. The molecule has 12 aromatic rings. The maximum absolute atomic E-state index is 6.64. The SMILES string of the molecule is c1ccc(-c2cc(-c3cccc4c3oc3ccccc34)cc(N(c3ccc(-c4cccc5c4ccc4ccccc45)cc3)c3ccc4ccc5ccccc5c4c3)c2)cc1. The Labute approximate surface area is 347 Å². The second-order valence-corrected chi connectivity index (χ2v) is 15.7. The van der Waals surface area contributed by atoms with Gasteiger partial charge >= 0.3 is 0 Å². The molecule has 0 fully saturated rings. The van der Waals surface area contributed by atoms with E-state index < -0.39 is 0 Å². The molecule has 2 heteroatoms. The van der Waals surface area contributed by atoms with E-state index in [1.807, 2.05) is 6.07 Å². The predicted octanol–water partition coefficient (Wildman–Crippen LogP) is 16.7. The monoisotopic (exact) mass is 763 g/mol. The molecule has 1 aromatic heterocycles. The van der Waals surface area contributed by atoms with Crippen LogP contribution in [0, 0.1) is 0 Å². The first-order chi connectivity index (χ1) is 29.7. The van der Waals surface area contributed by atoms with Gasteiger partial charge in [-0.15, -0.1) is 0 Å². The highest BCUT2D eigenvalue weighted by molar-refractivity contribution is 6.13. The third-order valence-corrected chi connectivity index (χ3v) is 12.2. The van der Waals surface area contributed by atoms with E-state index >= 15 is 0 Å². The van der Waals surface area contributed by atoms with Crippen LogP contribution < -0.4 is 4.90 Å². The summed E-state index contributed by atoms with van der Waals surface area (Å²) in [4.78, 5) is 2.41. The van der Waals surface area contributed by atoms with Gasteiger partial charge < -0.3 is 9.32 Å². The van der Waals surface area contributed by atoms with Crippen LogP contribution in [0.15, 0.2) is 229 Å². The molecule has 0 bridgehead atoms. The number of nitrogens with zero attached hydrogens (tertiary/aromatic N) is 1. The lowest BCUT2D eigenvalue weighted by atomic mass is 9.94. The standard InChI is InChI=1S/C58H37NO/c1-2-12-38(13-3-1)43-34-44(51-20-11-22-55-54-18-8-9-23-57(54)60-58(51)55)36-47(35-43)59(46-32-28-42-25-24-39-14-5-7-17-50(39)56(42)37-46)45-30-26-41(27-31-45)49-19-10-21-52-48-16-6-4-15-40(48)29-33-53(49)52/h1-37H. The molecule has 280 valence electrons. The molecule has 2 nitrogen and oxygen atoms in total. The molecule has 0 aliphatic rings. The van der Waals surface area contributed by atoms with Crippen molar-refractivity contribution < 1.29 is 4.42 Å². The fourth-order valence-corrected chi connectivity index (χ4v) is 9.33. The molecule has 60 heavy (non-hydrogen) atoms.